The second-order valence-corrected chi connectivity index (χ2v) is 4.58. The third kappa shape index (κ3) is 3.20. The molecule has 0 saturated heterocycles. The van der Waals surface area contributed by atoms with E-state index < -0.39 is 0 Å². The summed E-state index contributed by atoms with van der Waals surface area (Å²) >= 11 is 4.98. The first-order chi connectivity index (χ1) is 7.56. The lowest BCUT2D eigenvalue weighted by atomic mass is 10.0. The highest BCUT2D eigenvalue weighted by Crippen LogP contribution is 2.27. The highest BCUT2D eigenvalue weighted by atomic mass is 32.1. The number of ether oxygens (including phenoxy) is 1. The van der Waals surface area contributed by atoms with Crippen LogP contribution in [0.1, 0.15) is 38.7 Å². The minimum atomic E-state index is -0.171. The van der Waals surface area contributed by atoms with E-state index in [1.807, 2.05) is 25.1 Å². The predicted molar refractivity (Wildman–Crippen MR) is 72.0 cm³/mol. The second-order valence-electron chi connectivity index (χ2n) is 4.11. The summed E-state index contributed by atoms with van der Waals surface area (Å²) in [6.45, 7) is 6.30. The smallest absolute Gasteiger partial charge is 0.148 e. The molecule has 1 aromatic carbocycles. The molecule has 1 rings (SSSR count). The molecule has 0 fully saturated rings. The van der Waals surface area contributed by atoms with Crippen LogP contribution in [0.2, 0.25) is 0 Å². The number of para-hydroxylation sites is 1. The van der Waals surface area contributed by atoms with Gasteiger partial charge in [-0.25, -0.2) is 0 Å². The van der Waals surface area contributed by atoms with E-state index >= 15 is 0 Å². The maximum atomic E-state index is 5.85. The Kier molecular flexibility index (Phi) is 4.74. The quantitative estimate of drug-likeness (QED) is 0.798. The Hall–Kier alpha value is -1.09. The second kappa shape index (κ2) is 5.85. The molecule has 2 nitrogen and oxygen atoms in total. The summed E-state index contributed by atoms with van der Waals surface area (Å²) in [5, 5.41) is 0. The minimum Gasteiger partial charge on any atom is -0.483 e. The van der Waals surface area contributed by atoms with Crippen molar-refractivity contribution in [2.45, 2.75) is 39.2 Å². The molecular weight excluding hydrogens is 218 g/mol. The lowest BCUT2D eigenvalue weighted by Gasteiger charge is -2.19. The van der Waals surface area contributed by atoms with Gasteiger partial charge in [-0.3, -0.25) is 0 Å². The van der Waals surface area contributed by atoms with Crippen LogP contribution in [-0.2, 0) is 0 Å². The van der Waals surface area contributed by atoms with Crippen molar-refractivity contribution in [2.24, 2.45) is 5.73 Å². The van der Waals surface area contributed by atoms with Crippen LogP contribution in [0.15, 0.2) is 24.3 Å². The van der Waals surface area contributed by atoms with Crippen molar-refractivity contribution >= 4 is 17.2 Å². The number of benzene rings is 1. The predicted octanol–water partition coefficient (Wildman–Crippen LogP) is 3.25. The Labute approximate surface area is 103 Å². The molecule has 0 saturated carbocycles. The van der Waals surface area contributed by atoms with E-state index in [4.69, 9.17) is 22.7 Å². The zero-order chi connectivity index (χ0) is 12.1. The Morgan fingerprint density at radius 3 is 2.50 bits per heavy atom. The van der Waals surface area contributed by atoms with E-state index in [2.05, 4.69) is 19.9 Å². The number of rotatable bonds is 5. The summed E-state index contributed by atoms with van der Waals surface area (Å²) in [5.41, 5.74) is 6.82. The maximum Gasteiger partial charge on any atom is 0.148 e. The topological polar surface area (TPSA) is 35.2 Å². The minimum absolute atomic E-state index is 0.171. The van der Waals surface area contributed by atoms with Crippen molar-refractivity contribution < 1.29 is 4.74 Å². The lowest BCUT2D eigenvalue weighted by Crippen LogP contribution is -2.31. The Balaban J connectivity index is 2.91. The Morgan fingerprint density at radius 1 is 1.38 bits per heavy atom. The molecule has 0 heterocycles. The number of hydrogen-bond acceptors (Lipinski definition) is 2. The number of nitrogens with two attached hydrogens (primary N) is 1. The van der Waals surface area contributed by atoms with E-state index in [1.165, 1.54) is 5.56 Å². The van der Waals surface area contributed by atoms with Gasteiger partial charge in [0.25, 0.3) is 0 Å². The molecular formula is C13H19NOS. The molecule has 0 aliphatic carbocycles. The van der Waals surface area contributed by atoms with Crippen LogP contribution in [0.25, 0.3) is 0 Å². The van der Waals surface area contributed by atoms with Gasteiger partial charge in [0.2, 0.25) is 0 Å². The largest absolute Gasteiger partial charge is 0.483 e. The molecule has 16 heavy (non-hydrogen) atoms. The van der Waals surface area contributed by atoms with Crippen molar-refractivity contribution in [3.05, 3.63) is 29.8 Å². The van der Waals surface area contributed by atoms with Gasteiger partial charge in [0, 0.05) is 0 Å². The first-order valence-electron chi connectivity index (χ1n) is 5.61. The molecule has 0 bridgehead atoms. The van der Waals surface area contributed by atoms with Crippen LogP contribution in [0, 0.1) is 0 Å². The van der Waals surface area contributed by atoms with Crippen LogP contribution >= 0.6 is 12.2 Å². The van der Waals surface area contributed by atoms with Gasteiger partial charge in [-0.15, -0.1) is 0 Å². The molecule has 0 spiro atoms. The summed E-state index contributed by atoms with van der Waals surface area (Å²) in [4.78, 5) is 0.418. The molecule has 2 N–H and O–H groups in total. The molecule has 3 heteroatoms. The summed E-state index contributed by atoms with van der Waals surface area (Å²) in [7, 11) is 0. The van der Waals surface area contributed by atoms with Gasteiger partial charge in [0.1, 0.15) is 16.8 Å². The normalized spacial score (nSPS) is 12.5. The van der Waals surface area contributed by atoms with Crippen LogP contribution in [-0.4, -0.2) is 11.1 Å². The molecule has 0 radical (unpaired) electrons. The molecule has 1 atom stereocenters. The molecule has 88 valence electrons. The van der Waals surface area contributed by atoms with Crippen molar-refractivity contribution in [1.29, 1.82) is 0 Å². The summed E-state index contributed by atoms with van der Waals surface area (Å²) in [6, 6.07) is 8.03. The van der Waals surface area contributed by atoms with Gasteiger partial charge >= 0.3 is 0 Å². The molecule has 0 amide bonds. The molecule has 0 aliphatic rings. The van der Waals surface area contributed by atoms with E-state index in [0.29, 0.717) is 10.9 Å². The highest BCUT2D eigenvalue weighted by Gasteiger charge is 2.14. The third-order valence-corrected chi connectivity index (χ3v) is 2.76. The van der Waals surface area contributed by atoms with Crippen LogP contribution in [0.5, 0.6) is 5.75 Å². The van der Waals surface area contributed by atoms with Crippen molar-refractivity contribution in [2.75, 3.05) is 0 Å². The average molecular weight is 237 g/mol. The fourth-order valence-corrected chi connectivity index (χ4v) is 1.78. The SMILES string of the molecule is CCC(Oc1ccccc1C(C)C)C(N)=S. The fraction of sp³-hybridized carbons (Fsp3) is 0.462. The van der Waals surface area contributed by atoms with E-state index in [1.54, 1.807) is 0 Å². The molecule has 1 aromatic rings. The van der Waals surface area contributed by atoms with Gasteiger partial charge in [0.05, 0.1) is 0 Å². The fourth-order valence-electron chi connectivity index (χ4n) is 1.56. The highest BCUT2D eigenvalue weighted by molar-refractivity contribution is 7.80. The number of thiocarbonyl (C=S) groups is 1. The van der Waals surface area contributed by atoms with E-state index in [0.717, 1.165) is 12.2 Å². The summed E-state index contributed by atoms with van der Waals surface area (Å²) in [5.74, 6) is 1.32. The van der Waals surface area contributed by atoms with E-state index in [-0.39, 0.29) is 6.10 Å². The monoisotopic (exact) mass is 237 g/mol. The molecule has 1 unspecified atom stereocenters. The summed E-state index contributed by atoms with van der Waals surface area (Å²) < 4.78 is 5.85. The first kappa shape index (κ1) is 13.0. The van der Waals surface area contributed by atoms with Crippen LogP contribution in [0.3, 0.4) is 0 Å². The standard InChI is InChI=1S/C13H19NOS/c1-4-11(13(14)16)15-12-8-6-5-7-10(12)9(2)3/h5-9,11H,4H2,1-3H3,(H2,14,16). The average Bonchev–Trinajstić information content (AvgIpc) is 2.25. The van der Waals surface area contributed by atoms with Gasteiger partial charge in [-0.2, -0.15) is 0 Å². The van der Waals surface area contributed by atoms with Crippen molar-refractivity contribution in [1.82, 2.24) is 0 Å². The zero-order valence-corrected chi connectivity index (χ0v) is 10.9. The maximum absolute atomic E-state index is 5.85. The van der Waals surface area contributed by atoms with Crippen LogP contribution < -0.4 is 10.5 Å². The van der Waals surface area contributed by atoms with Crippen LogP contribution in [0.4, 0.5) is 0 Å². The zero-order valence-electron chi connectivity index (χ0n) is 10.1. The van der Waals surface area contributed by atoms with E-state index in [9.17, 15) is 0 Å². The van der Waals surface area contributed by atoms with Gasteiger partial charge < -0.3 is 10.5 Å². The van der Waals surface area contributed by atoms with Gasteiger partial charge in [-0.05, 0) is 24.0 Å². The first-order valence-corrected chi connectivity index (χ1v) is 6.02. The summed E-state index contributed by atoms with van der Waals surface area (Å²) in [6.07, 6.45) is 0.622. The van der Waals surface area contributed by atoms with Gasteiger partial charge in [-0.1, -0.05) is 51.2 Å². The Morgan fingerprint density at radius 2 is 2.00 bits per heavy atom. The Bertz CT molecular complexity index is 363. The van der Waals surface area contributed by atoms with Crippen molar-refractivity contribution in [3.8, 4) is 5.75 Å². The van der Waals surface area contributed by atoms with Gasteiger partial charge in [0.15, 0.2) is 0 Å². The third-order valence-electron chi connectivity index (χ3n) is 2.50. The van der Waals surface area contributed by atoms with Crippen molar-refractivity contribution in [3.63, 3.8) is 0 Å². The molecule has 0 aromatic heterocycles. The molecule has 0 aliphatic heterocycles. The lowest BCUT2D eigenvalue weighted by molar-refractivity contribution is 0.260. The number of hydrogen-bond donors (Lipinski definition) is 1.